The highest BCUT2D eigenvalue weighted by atomic mass is 16.5. The van der Waals surface area contributed by atoms with E-state index in [1.165, 1.54) is 6.08 Å². The Balaban J connectivity index is 1.81. The second kappa shape index (κ2) is 11.6. The fourth-order valence-corrected chi connectivity index (χ4v) is 2.47. The van der Waals surface area contributed by atoms with Crippen LogP contribution in [0.1, 0.15) is 48.5 Å². The molecule has 0 spiro atoms. The highest BCUT2D eigenvalue weighted by Gasteiger charge is 2.08. The fraction of sp³-hybridized carbons (Fsp3) is 0.304. The minimum atomic E-state index is -0.498. The van der Waals surface area contributed by atoms with Crippen molar-refractivity contribution in [3.05, 3.63) is 65.7 Å². The Morgan fingerprint density at radius 1 is 0.893 bits per heavy atom. The van der Waals surface area contributed by atoms with Gasteiger partial charge < -0.3 is 14.2 Å². The Labute approximate surface area is 165 Å². The second-order valence-electron chi connectivity index (χ2n) is 6.25. The number of carbonyl (C=O) groups is 2. The molecule has 0 bridgehead atoms. The van der Waals surface area contributed by atoms with E-state index < -0.39 is 5.97 Å². The Hall–Kier alpha value is -3.08. The third-order valence-electron chi connectivity index (χ3n) is 4.07. The summed E-state index contributed by atoms with van der Waals surface area (Å²) < 4.78 is 15.6. The number of unbranched alkanes of at least 4 members (excludes halogenated alkanes) is 3. The summed E-state index contributed by atoms with van der Waals surface area (Å²) in [6.07, 6.45) is 7.22. The van der Waals surface area contributed by atoms with E-state index >= 15 is 0 Å². The van der Waals surface area contributed by atoms with E-state index in [9.17, 15) is 9.59 Å². The number of methoxy groups -OCH3 is 1. The van der Waals surface area contributed by atoms with E-state index in [-0.39, 0.29) is 5.97 Å². The third kappa shape index (κ3) is 7.27. The zero-order valence-corrected chi connectivity index (χ0v) is 16.4. The Kier molecular flexibility index (Phi) is 8.79. The van der Waals surface area contributed by atoms with E-state index in [0.717, 1.165) is 37.0 Å². The summed E-state index contributed by atoms with van der Waals surface area (Å²) in [6.45, 7) is 2.56. The molecule has 5 nitrogen and oxygen atoms in total. The zero-order valence-electron chi connectivity index (χ0n) is 16.4. The monoisotopic (exact) mass is 382 g/mol. The maximum atomic E-state index is 12.0. The van der Waals surface area contributed by atoms with Crippen molar-refractivity contribution in [2.24, 2.45) is 0 Å². The number of esters is 2. The summed E-state index contributed by atoms with van der Waals surface area (Å²) in [4.78, 5) is 23.9. The Morgan fingerprint density at radius 3 is 2.21 bits per heavy atom. The van der Waals surface area contributed by atoms with E-state index in [1.807, 2.05) is 24.3 Å². The lowest BCUT2D eigenvalue weighted by atomic mass is 10.2. The molecule has 28 heavy (non-hydrogen) atoms. The van der Waals surface area contributed by atoms with Gasteiger partial charge in [0.15, 0.2) is 0 Å². The van der Waals surface area contributed by atoms with Crippen LogP contribution in [0.4, 0.5) is 0 Å². The molecule has 0 heterocycles. The molecule has 0 radical (unpaired) electrons. The topological polar surface area (TPSA) is 61.8 Å². The molecule has 0 amide bonds. The van der Waals surface area contributed by atoms with Crippen molar-refractivity contribution in [3.8, 4) is 11.5 Å². The summed E-state index contributed by atoms with van der Waals surface area (Å²) in [7, 11) is 1.60. The van der Waals surface area contributed by atoms with Gasteiger partial charge in [-0.05, 0) is 54.5 Å². The quantitative estimate of drug-likeness (QED) is 0.249. The van der Waals surface area contributed by atoms with E-state index in [1.54, 1.807) is 37.5 Å². The lowest BCUT2D eigenvalue weighted by molar-refractivity contribution is -0.128. The van der Waals surface area contributed by atoms with Gasteiger partial charge in [0, 0.05) is 6.08 Å². The van der Waals surface area contributed by atoms with E-state index in [4.69, 9.17) is 14.2 Å². The normalized spacial score (nSPS) is 10.6. The van der Waals surface area contributed by atoms with Crippen LogP contribution in [0.3, 0.4) is 0 Å². The van der Waals surface area contributed by atoms with Crippen molar-refractivity contribution in [3.63, 3.8) is 0 Å². The molecule has 0 saturated heterocycles. The standard InChI is InChI=1S/C23H26O5/c1-3-4-5-6-17-27-23(25)19-10-14-21(15-11-19)28-22(24)16-9-18-7-12-20(26-2)13-8-18/h7-16H,3-6,17H2,1-2H3. The molecule has 0 aliphatic heterocycles. The van der Waals surface area contributed by atoms with Crippen molar-refractivity contribution in [1.82, 2.24) is 0 Å². The van der Waals surface area contributed by atoms with Crippen LogP contribution >= 0.6 is 0 Å². The van der Waals surface area contributed by atoms with Gasteiger partial charge in [-0.3, -0.25) is 0 Å². The molecule has 148 valence electrons. The van der Waals surface area contributed by atoms with Crippen LogP contribution < -0.4 is 9.47 Å². The minimum absolute atomic E-state index is 0.365. The van der Waals surface area contributed by atoms with Gasteiger partial charge in [0.05, 0.1) is 19.3 Å². The minimum Gasteiger partial charge on any atom is -0.497 e. The van der Waals surface area contributed by atoms with Crippen LogP contribution in [0.5, 0.6) is 11.5 Å². The molecule has 0 aromatic heterocycles. The highest BCUT2D eigenvalue weighted by Crippen LogP contribution is 2.15. The molecule has 0 atom stereocenters. The van der Waals surface area contributed by atoms with Gasteiger partial charge in [-0.2, -0.15) is 0 Å². The Morgan fingerprint density at radius 2 is 1.57 bits per heavy atom. The molecular weight excluding hydrogens is 356 g/mol. The van der Waals surface area contributed by atoms with Crippen molar-refractivity contribution in [2.45, 2.75) is 32.6 Å². The van der Waals surface area contributed by atoms with Crippen LogP contribution in [0.2, 0.25) is 0 Å². The zero-order chi connectivity index (χ0) is 20.2. The van der Waals surface area contributed by atoms with Gasteiger partial charge >= 0.3 is 11.9 Å². The maximum Gasteiger partial charge on any atom is 0.338 e. The SMILES string of the molecule is CCCCCCOC(=O)c1ccc(OC(=O)C=Cc2ccc(OC)cc2)cc1. The molecule has 0 fully saturated rings. The summed E-state index contributed by atoms with van der Waals surface area (Å²) in [5.74, 6) is 0.249. The van der Waals surface area contributed by atoms with E-state index in [2.05, 4.69) is 6.92 Å². The number of rotatable bonds is 10. The predicted octanol–water partition coefficient (Wildman–Crippen LogP) is 5.05. The molecular formula is C23H26O5. The smallest absolute Gasteiger partial charge is 0.338 e. The highest BCUT2D eigenvalue weighted by molar-refractivity contribution is 5.90. The van der Waals surface area contributed by atoms with Gasteiger partial charge in [0.2, 0.25) is 0 Å². The first-order valence-electron chi connectivity index (χ1n) is 9.43. The molecule has 0 N–H and O–H groups in total. The van der Waals surface area contributed by atoms with Crippen molar-refractivity contribution in [2.75, 3.05) is 13.7 Å². The van der Waals surface area contributed by atoms with Crippen molar-refractivity contribution < 1.29 is 23.8 Å². The van der Waals surface area contributed by atoms with Crippen LogP contribution in [0.25, 0.3) is 6.08 Å². The summed E-state index contributed by atoms with van der Waals surface area (Å²) in [5.41, 5.74) is 1.29. The Bertz CT molecular complexity index is 776. The number of hydrogen-bond acceptors (Lipinski definition) is 5. The van der Waals surface area contributed by atoms with Crippen LogP contribution in [0, 0.1) is 0 Å². The first kappa shape index (κ1) is 21.2. The van der Waals surface area contributed by atoms with Crippen LogP contribution in [-0.4, -0.2) is 25.7 Å². The van der Waals surface area contributed by atoms with Gasteiger partial charge in [-0.25, -0.2) is 9.59 Å². The average molecular weight is 382 g/mol. The number of ether oxygens (including phenoxy) is 3. The van der Waals surface area contributed by atoms with Gasteiger partial charge in [-0.1, -0.05) is 38.3 Å². The molecule has 2 rings (SSSR count). The predicted molar refractivity (Wildman–Crippen MR) is 109 cm³/mol. The number of benzene rings is 2. The summed E-state index contributed by atoms with van der Waals surface area (Å²) >= 11 is 0. The van der Waals surface area contributed by atoms with Gasteiger partial charge in [0.1, 0.15) is 11.5 Å². The molecule has 2 aromatic carbocycles. The number of carbonyl (C=O) groups excluding carboxylic acids is 2. The average Bonchev–Trinajstić information content (AvgIpc) is 2.73. The van der Waals surface area contributed by atoms with Crippen molar-refractivity contribution in [1.29, 1.82) is 0 Å². The third-order valence-corrected chi connectivity index (χ3v) is 4.07. The first-order chi connectivity index (χ1) is 13.6. The van der Waals surface area contributed by atoms with Gasteiger partial charge in [-0.15, -0.1) is 0 Å². The molecule has 0 saturated carbocycles. The molecule has 0 unspecified atom stereocenters. The summed E-state index contributed by atoms with van der Waals surface area (Å²) in [5, 5.41) is 0. The molecule has 5 heteroatoms. The van der Waals surface area contributed by atoms with E-state index in [0.29, 0.717) is 17.9 Å². The maximum absolute atomic E-state index is 12.0. The summed E-state index contributed by atoms with van der Waals surface area (Å²) in [6, 6.07) is 13.6. The van der Waals surface area contributed by atoms with Crippen LogP contribution in [-0.2, 0) is 9.53 Å². The fourth-order valence-electron chi connectivity index (χ4n) is 2.47. The van der Waals surface area contributed by atoms with Gasteiger partial charge in [0.25, 0.3) is 0 Å². The molecule has 2 aromatic rings. The molecule has 0 aliphatic carbocycles. The lowest BCUT2D eigenvalue weighted by Crippen LogP contribution is -2.07. The molecule has 0 aliphatic rings. The largest absolute Gasteiger partial charge is 0.497 e. The number of hydrogen-bond donors (Lipinski definition) is 0. The lowest BCUT2D eigenvalue weighted by Gasteiger charge is -2.06. The first-order valence-corrected chi connectivity index (χ1v) is 9.43. The second-order valence-corrected chi connectivity index (χ2v) is 6.25. The van der Waals surface area contributed by atoms with Crippen molar-refractivity contribution >= 4 is 18.0 Å². The van der Waals surface area contributed by atoms with Crippen LogP contribution in [0.15, 0.2) is 54.6 Å².